The van der Waals surface area contributed by atoms with E-state index in [1.54, 1.807) is 0 Å². The molecule has 0 amide bonds. The molecule has 0 fully saturated rings. The highest BCUT2D eigenvalue weighted by atomic mass is 16.3. The van der Waals surface area contributed by atoms with Crippen molar-refractivity contribution < 1.29 is 9.90 Å². The standard InChI is InChI=1S/C22H20O2/c23-21(19-9-5-2-6-10-19)15-16-22(24)20-13-11-18(12-14-20)17-7-3-1-4-8-17/h1-14,21,23H,15-16H2. The number of ketones is 1. The zero-order valence-corrected chi connectivity index (χ0v) is 13.4. The monoisotopic (exact) mass is 316 g/mol. The Morgan fingerprint density at radius 3 is 1.92 bits per heavy atom. The molecule has 0 aromatic heterocycles. The van der Waals surface area contributed by atoms with Crippen LogP contribution >= 0.6 is 0 Å². The maximum Gasteiger partial charge on any atom is 0.162 e. The summed E-state index contributed by atoms with van der Waals surface area (Å²) in [6.07, 6.45) is 0.169. The Bertz CT molecular complexity index is 777. The molecule has 3 rings (SSSR count). The van der Waals surface area contributed by atoms with Gasteiger partial charge in [0, 0.05) is 12.0 Å². The van der Waals surface area contributed by atoms with E-state index in [1.807, 2.05) is 84.9 Å². The van der Waals surface area contributed by atoms with Gasteiger partial charge < -0.3 is 5.11 Å². The number of hydrogen-bond donors (Lipinski definition) is 1. The van der Waals surface area contributed by atoms with Gasteiger partial charge in [0.15, 0.2) is 5.78 Å². The van der Waals surface area contributed by atoms with Gasteiger partial charge in [0.25, 0.3) is 0 Å². The van der Waals surface area contributed by atoms with Crippen LogP contribution < -0.4 is 0 Å². The van der Waals surface area contributed by atoms with Gasteiger partial charge in [-0.05, 0) is 23.1 Å². The van der Waals surface area contributed by atoms with Crippen LogP contribution in [0.5, 0.6) is 0 Å². The van der Waals surface area contributed by atoms with Crippen molar-refractivity contribution in [1.82, 2.24) is 0 Å². The Kier molecular flexibility index (Phi) is 5.19. The van der Waals surface area contributed by atoms with Crippen LogP contribution in [-0.2, 0) is 0 Å². The second-order valence-electron chi connectivity index (χ2n) is 5.83. The van der Waals surface area contributed by atoms with Crippen LogP contribution in [-0.4, -0.2) is 10.9 Å². The molecule has 0 heterocycles. The summed E-state index contributed by atoms with van der Waals surface area (Å²) in [4.78, 5) is 12.3. The van der Waals surface area contributed by atoms with Crippen molar-refractivity contribution in [3.8, 4) is 11.1 Å². The number of benzene rings is 3. The van der Waals surface area contributed by atoms with Crippen LogP contribution in [0.4, 0.5) is 0 Å². The lowest BCUT2D eigenvalue weighted by Crippen LogP contribution is -2.04. The number of aliphatic hydroxyl groups is 1. The van der Waals surface area contributed by atoms with Crippen molar-refractivity contribution in [3.63, 3.8) is 0 Å². The van der Waals surface area contributed by atoms with Gasteiger partial charge in [0.05, 0.1) is 6.10 Å². The summed E-state index contributed by atoms with van der Waals surface area (Å²) in [7, 11) is 0. The van der Waals surface area contributed by atoms with E-state index in [9.17, 15) is 9.90 Å². The first-order valence-corrected chi connectivity index (χ1v) is 8.16. The van der Waals surface area contributed by atoms with Crippen LogP contribution in [0.1, 0.15) is 34.9 Å². The quantitative estimate of drug-likeness (QED) is 0.646. The molecule has 0 aliphatic rings. The van der Waals surface area contributed by atoms with Crippen molar-refractivity contribution in [1.29, 1.82) is 0 Å². The molecule has 0 bridgehead atoms. The summed E-state index contributed by atoms with van der Waals surface area (Å²) in [5.41, 5.74) is 3.77. The average molecular weight is 316 g/mol. The number of aliphatic hydroxyl groups excluding tert-OH is 1. The Hall–Kier alpha value is -2.71. The Morgan fingerprint density at radius 2 is 1.29 bits per heavy atom. The molecule has 2 nitrogen and oxygen atoms in total. The van der Waals surface area contributed by atoms with Crippen LogP contribution in [0.15, 0.2) is 84.9 Å². The minimum atomic E-state index is -0.598. The molecule has 24 heavy (non-hydrogen) atoms. The first kappa shape index (κ1) is 16.2. The maximum atomic E-state index is 12.3. The average Bonchev–Trinajstić information content (AvgIpc) is 2.67. The normalized spacial score (nSPS) is 11.9. The predicted molar refractivity (Wildman–Crippen MR) is 96.8 cm³/mol. The molecular formula is C22H20O2. The zero-order chi connectivity index (χ0) is 16.8. The SMILES string of the molecule is O=C(CCC(O)c1ccccc1)c1ccc(-c2ccccc2)cc1. The number of hydrogen-bond acceptors (Lipinski definition) is 2. The van der Waals surface area contributed by atoms with Crippen LogP contribution in [0, 0.1) is 0 Å². The summed E-state index contributed by atoms with van der Waals surface area (Å²) in [5, 5.41) is 10.2. The number of carbonyl (C=O) groups is 1. The molecule has 3 aromatic carbocycles. The lowest BCUT2D eigenvalue weighted by molar-refractivity contribution is 0.0940. The second kappa shape index (κ2) is 7.71. The Labute approximate surface area is 142 Å². The fourth-order valence-electron chi connectivity index (χ4n) is 2.73. The van der Waals surface area contributed by atoms with Gasteiger partial charge in [-0.2, -0.15) is 0 Å². The van der Waals surface area contributed by atoms with Gasteiger partial charge in [0.2, 0.25) is 0 Å². The summed E-state index contributed by atoms with van der Waals surface area (Å²) in [6.45, 7) is 0. The summed E-state index contributed by atoms with van der Waals surface area (Å²) in [6, 6.07) is 27.2. The van der Waals surface area contributed by atoms with E-state index < -0.39 is 6.10 Å². The summed E-state index contributed by atoms with van der Waals surface area (Å²) >= 11 is 0. The molecule has 0 spiro atoms. The summed E-state index contributed by atoms with van der Waals surface area (Å²) < 4.78 is 0. The Balaban J connectivity index is 1.61. The first-order chi connectivity index (χ1) is 11.7. The van der Waals surface area contributed by atoms with E-state index in [0.717, 1.165) is 16.7 Å². The molecule has 0 saturated carbocycles. The first-order valence-electron chi connectivity index (χ1n) is 8.16. The third-order valence-electron chi connectivity index (χ3n) is 4.14. The van der Waals surface area contributed by atoms with Crippen LogP contribution in [0.25, 0.3) is 11.1 Å². The molecule has 1 atom stereocenters. The van der Waals surface area contributed by atoms with Gasteiger partial charge in [-0.3, -0.25) is 4.79 Å². The van der Waals surface area contributed by atoms with Gasteiger partial charge in [-0.25, -0.2) is 0 Å². The lowest BCUT2D eigenvalue weighted by Gasteiger charge is -2.10. The molecule has 3 aromatic rings. The number of Topliss-reactive ketones (excluding diaryl/α,β-unsaturated/α-hetero) is 1. The molecule has 120 valence electrons. The van der Waals surface area contributed by atoms with Gasteiger partial charge in [-0.15, -0.1) is 0 Å². The highest BCUT2D eigenvalue weighted by molar-refractivity contribution is 5.96. The van der Waals surface area contributed by atoms with E-state index in [-0.39, 0.29) is 5.78 Å². The largest absolute Gasteiger partial charge is 0.388 e. The van der Waals surface area contributed by atoms with Gasteiger partial charge in [-0.1, -0.05) is 84.9 Å². The van der Waals surface area contributed by atoms with Gasteiger partial charge >= 0.3 is 0 Å². The van der Waals surface area contributed by atoms with Crippen molar-refractivity contribution in [3.05, 3.63) is 96.1 Å². The maximum absolute atomic E-state index is 12.3. The molecule has 1 N–H and O–H groups in total. The Morgan fingerprint density at radius 1 is 0.750 bits per heavy atom. The van der Waals surface area contributed by atoms with E-state index in [4.69, 9.17) is 0 Å². The van der Waals surface area contributed by atoms with Crippen LogP contribution in [0.2, 0.25) is 0 Å². The second-order valence-corrected chi connectivity index (χ2v) is 5.83. The fraction of sp³-hybridized carbons (Fsp3) is 0.136. The third kappa shape index (κ3) is 3.98. The topological polar surface area (TPSA) is 37.3 Å². The van der Waals surface area contributed by atoms with E-state index >= 15 is 0 Å². The van der Waals surface area contributed by atoms with Gasteiger partial charge in [0.1, 0.15) is 0 Å². The van der Waals surface area contributed by atoms with Crippen molar-refractivity contribution in [2.24, 2.45) is 0 Å². The molecule has 0 aliphatic heterocycles. The molecule has 0 aliphatic carbocycles. The summed E-state index contributed by atoms with van der Waals surface area (Å²) in [5.74, 6) is 0.0598. The minimum absolute atomic E-state index is 0.0598. The molecule has 1 unspecified atom stereocenters. The van der Waals surface area contributed by atoms with Crippen molar-refractivity contribution in [2.75, 3.05) is 0 Å². The fourth-order valence-corrected chi connectivity index (χ4v) is 2.73. The van der Waals surface area contributed by atoms with Crippen molar-refractivity contribution in [2.45, 2.75) is 18.9 Å². The van der Waals surface area contributed by atoms with Crippen LogP contribution in [0.3, 0.4) is 0 Å². The molecular weight excluding hydrogens is 296 g/mol. The zero-order valence-electron chi connectivity index (χ0n) is 13.4. The molecule has 2 heteroatoms. The predicted octanol–water partition coefficient (Wildman–Crippen LogP) is 5.05. The van der Waals surface area contributed by atoms with Crippen molar-refractivity contribution >= 4 is 5.78 Å². The third-order valence-corrected chi connectivity index (χ3v) is 4.14. The number of carbonyl (C=O) groups excluding carboxylic acids is 1. The lowest BCUT2D eigenvalue weighted by atomic mass is 9.98. The number of rotatable bonds is 6. The molecule has 0 radical (unpaired) electrons. The smallest absolute Gasteiger partial charge is 0.162 e. The van der Waals surface area contributed by atoms with E-state index in [1.165, 1.54) is 0 Å². The highest BCUT2D eigenvalue weighted by Crippen LogP contribution is 2.22. The van der Waals surface area contributed by atoms with E-state index in [0.29, 0.717) is 18.4 Å². The van der Waals surface area contributed by atoms with E-state index in [2.05, 4.69) is 0 Å². The minimum Gasteiger partial charge on any atom is -0.388 e. The highest BCUT2D eigenvalue weighted by Gasteiger charge is 2.12. The molecule has 0 saturated heterocycles.